The van der Waals surface area contributed by atoms with E-state index >= 15 is 0 Å². The third-order valence-corrected chi connectivity index (χ3v) is 6.87. The Hall–Kier alpha value is -2.24. The minimum absolute atomic E-state index is 0.0618. The van der Waals surface area contributed by atoms with E-state index in [1.165, 1.54) is 35.3 Å². The number of aromatic nitrogens is 1. The number of nitriles is 1. The molecule has 0 saturated carbocycles. The molecule has 3 rings (SSSR count). The lowest BCUT2D eigenvalue weighted by molar-refractivity contribution is -0.160. The van der Waals surface area contributed by atoms with E-state index in [4.69, 9.17) is 9.72 Å². The van der Waals surface area contributed by atoms with Crippen molar-refractivity contribution in [1.82, 2.24) is 4.98 Å². The van der Waals surface area contributed by atoms with Crippen molar-refractivity contribution >= 4 is 28.7 Å². The molecule has 1 aliphatic rings. The molecule has 0 amide bonds. The third-order valence-electron chi connectivity index (χ3n) is 4.98. The quantitative estimate of drug-likeness (QED) is 0.388. The van der Waals surface area contributed by atoms with Crippen LogP contribution in [0.25, 0.3) is 5.57 Å². The fourth-order valence-electron chi connectivity index (χ4n) is 3.18. The summed E-state index contributed by atoms with van der Waals surface area (Å²) in [6.07, 6.45) is 4.81. The van der Waals surface area contributed by atoms with E-state index in [-0.39, 0.29) is 6.42 Å². The van der Waals surface area contributed by atoms with Crippen LogP contribution in [0.3, 0.4) is 0 Å². The van der Waals surface area contributed by atoms with Gasteiger partial charge in [0.15, 0.2) is 0 Å². The van der Waals surface area contributed by atoms with Crippen LogP contribution in [0, 0.1) is 17.2 Å². The van der Waals surface area contributed by atoms with Crippen LogP contribution in [0.15, 0.2) is 41.3 Å². The van der Waals surface area contributed by atoms with Gasteiger partial charge in [0.05, 0.1) is 22.1 Å². The molecule has 0 radical (unpaired) electrons. The number of unbranched alkanes of at least 4 members (excludes halogenated alkanes) is 1. The van der Waals surface area contributed by atoms with Gasteiger partial charge in [0.25, 0.3) is 0 Å². The molecule has 3 nitrogen and oxygen atoms in total. The number of benzene rings is 1. The first kappa shape index (κ1) is 23.4. The van der Waals surface area contributed by atoms with Gasteiger partial charge in [0.1, 0.15) is 23.4 Å². The molecule has 0 saturated heterocycles. The van der Waals surface area contributed by atoms with Gasteiger partial charge in [-0.05, 0) is 43.7 Å². The standard InChI is InChI=1S/C23H23F3N2OS2/c1-3-4-5-19-21(14-29-18-11-8-16(13-27)20(12-18)30-2)31-22(28-19)15-6-9-17(10-7-15)23(24,25)26/h6-9,11-12,17H,3-5,10,14H2,1-2H3. The monoisotopic (exact) mass is 464 g/mol. The molecular formula is C23H23F3N2OS2. The van der Waals surface area contributed by atoms with Crippen molar-refractivity contribution in [3.63, 3.8) is 0 Å². The SMILES string of the molecule is CCCCc1nc(C2=CCC(C(F)(F)F)C=C2)sc1COc1ccc(C#N)c(SC)c1. The van der Waals surface area contributed by atoms with Gasteiger partial charge in [-0.15, -0.1) is 23.1 Å². The second kappa shape index (κ2) is 10.4. The van der Waals surface area contributed by atoms with Crippen LogP contribution >= 0.6 is 23.1 Å². The molecule has 1 unspecified atom stereocenters. The fourth-order valence-corrected chi connectivity index (χ4v) is 4.79. The summed E-state index contributed by atoms with van der Waals surface area (Å²) in [6.45, 7) is 2.44. The summed E-state index contributed by atoms with van der Waals surface area (Å²) in [5, 5.41) is 9.90. The Bertz CT molecular complexity index is 1020. The highest BCUT2D eigenvalue weighted by Gasteiger charge is 2.38. The van der Waals surface area contributed by atoms with E-state index < -0.39 is 12.1 Å². The summed E-state index contributed by atoms with van der Waals surface area (Å²) in [4.78, 5) is 6.55. The van der Waals surface area contributed by atoms with Gasteiger partial charge in [-0.25, -0.2) is 4.98 Å². The van der Waals surface area contributed by atoms with Gasteiger partial charge in [-0.2, -0.15) is 18.4 Å². The molecule has 0 bridgehead atoms. The number of alkyl halides is 3. The highest BCUT2D eigenvalue weighted by atomic mass is 32.2. The number of hydrogen-bond donors (Lipinski definition) is 0. The maximum Gasteiger partial charge on any atom is 0.395 e. The Morgan fingerprint density at radius 2 is 2.16 bits per heavy atom. The van der Waals surface area contributed by atoms with Crippen molar-refractivity contribution in [3.05, 3.63) is 57.6 Å². The van der Waals surface area contributed by atoms with Gasteiger partial charge in [-0.3, -0.25) is 0 Å². The Labute approximate surface area is 188 Å². The zero-order valence-electron chi connectivity index (χ0n) is 17.3. The van der Waals surface area contributed by atoms with Crippen LogP contribution in [-0.2, 0) is 13.0 Å². The molecule has 0 spiro atoms. The number of thiazole rings is 1. The Kier molecular flexibility index (Phi) is 7.84. The molecule has 1 aromatic heterocycles. The summed E-state index contributed by atoms with van der Waals surface area (Å²) in [7, 11) is 0. The number of rotatable bonds is 8. The van der Waals surface area contributed by atoms with Crippen molar-refractivity contribution in [3.8, 4) is 11.8 Å². The molecule has 164 valence electrons. The first-order valence-corrected chi connectivity index (χ1v) is 12.0. The fraction of sp³-hybridized carbons (Fsp3) is 0.391. The van der Waals surface area contributed by atoms with Crippen molar-refractivity contribution in [1.29, 1.82) is 5.26 Å². The van der Waals surface area contributed by atoms with Gasteiger partial charge in [0, 0.05) is 10.5 Å². The van der Waals surface area contributed by atoms with Crippen LogP contribution in [0.5, 0.6) is 5.75 Å². The number of thioether (sulfide) groups is 1. The van der Waals surface area contributed by atoms with Gasteiger partial charge < -0.3 is 4.74 Å². The van der Waals surface area contributed by atoms with E-state index in [1.54, 1.807) is 18.2 Å². The molecular weight excluding hydrogens is 441 g/mol. The number of ether oxygens (including phenoxy) is 1. The smallest absolute Gasteiger partial charge is 0.395 e. The lowest BCUT2D eigenvalue weighted by Crippen LogP contribution is -2.21. The molecule has 0 aliphatic heterocycles. The van der Waals surface area contributed by atoms with Crippen molar-refractivity contribution in [2.75, 3.05) is 6.26 Å². The summed E-state index contributed by atoms with van der Waals surface area (Å²) in [6, 6.07) is 7.53. The predicted octanol–water partition coefficient (Wildman–Crippen LogP) is 7.18. The van der Waals surface area contributed by atoms with Gasteiger partial charge >= 0.3 is 6.18 Å². The number of allylic oxidation sites excluding steroid dienone is 4. The highest BCUT2D eigenvalue weighted by Crippen LogP contribution is 2.37. The van der Waals surface area contributed by atoms with Crippen LogP contribution in [-0.4, -0.2) is 17.4 Å². The zero-order valence-corrected chi connectivity index (χ0v) is 19.0. The van der Waals surface area contributed by atoms with E-state index in [0.29, 0.717) is 17.9 Å². The molecule has 31 heavy (non-hydrogen) atoms. The van der Waals surface area contributed by atoms with Crippen LogP contribution in [0.4, 0.5) is 13.2 Å². The number of nitrogens with zero attached hydrogens (tertiary/aromatic N) is 2. The van der Waals surface area contributed by atoms with Gasteiger partial charge in [-0.1, -0.05) is 31.6 Å². The van der Waals surface area contributed by atoms with Crippen LogP contribution in [0.2, 0.25) is 0 Å². The van der Waals surface area contributed by atoms with Crippen molar-refractivity contribution in [2.24, 2.45) is 5.92 Å². The molecule has 0 N–H and O–H groups in total. The molecule has 1 aromatic carbocycles. The average Bonchev–Trinajstić information content (AvgIpc) is 3.18. The predicted molar refractivity (Wildman–Crippen MR) is 119 cm³/mol. The van der Waals surface area contributed by atoms with E-state index in [2.05, 4.69) is 13.0 Å². The zero-order chi connectivity index (χ0) is 22.4. The van der Waals surface area contributed by atoms with E-state index in [9.17, 15) is 18.4 Å². The molecule has 2 aromatic rings. The lowest BCUT2D eigenvalue weighted by Gasteiger charge is -2.18. The van der Waals surface area contributed by atoms with Crippen molar-refractivity contribution < 1.29 is 17.9 Å². The third kappa shape index (κ3) is 5.92. The minimum Gasteiger partial charge on any atom is -0.488 e. The molecule has 0 fully saturated rings. The minimum atomic E-state index is -4.22. The average molecular weight is 465 g/mol. The lowest BCUT2D eigenvalue weighted by atomic mass is 9.96. The highest BCUT2D eigenvalue weighted by molar-refractivity contribution is 7.98. The van der Waals surface area contributed by atoms with Gasteiger partial charge in [0.2, 0.25) is 0 Å². The number of hydrogen-bond acceptors (Lipinski definition) is 5. The summed E-state index contributed by atoms with van der Waals surface area (Å²) >= 11 is 2.96. The molecule has 8 heteroatoms. The normalized spacial score (nSPS) is 16.1. The molecule has 1 aliphatic carbocycles. The maximum absolute atomic E-state index is 12.9. The Morgan fingerprint density at radius 3 is 2.77 bits per heavy atom. The first-order valence-electron chi connectivity index (χ1n) is 10.0. The summed E-state index contributed by atoms with van der Waals surface area (Å²) in [5.74, 6) is -0.759. The van der Waals surface area contributed by atoms with E-state index in [0.717, 1.165) is 45.3 Å². The Balaban J connectivity index is 1.78. The van der Waals surface area contributed by atoms with Crippen LogP contribution < -0.4 is 4.74 Å². The Morgan fingerprint density at radius 1 is 1.35 bits per heavy atom. The van der Waals surface area contributed by atoms with Crippen molar-refractivity contribution in [2.45, 2.75) is 50.3 Å². The van der Waals surface area contributed by atoms with Crippen LogP contribution in [0.1, 0.15) is 47.3 Å². The number of halogens is 3. The largest absolute Gasteiger partial charge is 0.488 e. The molecule has 1 atom stereocenters. The van der Waals surface area contributed by atoms with E-state index in [1.807, 2.05) is 12.3 Å². The number of aryl methyl sites for hydroxylation is 1. The summed E-state index contributed by atoms with van der Waals surface area (Å²) in [5.41, 5.74) is 2.28. The topological polar surface area (TPSA) is 45.9 Å². The second-order valence-electron chi connectivity index (χ2n) is 7.16. The summed E-state index contributed by atoms with van der Waals surface area (Å²) < 4.78 is 44.7. The second-order valence-corrected chi connectivity index (χ2v) is 9.09. The maximum atomic E-state index is 12.9. The molecule has 1 heterocycles. The first-order chi connectivity index (χ1) is 14.9.